The van der Waals surface area contributed by atoms with E-state index in [2.05, 4.69) is 17.0 Å². The van der Waals surface area contributed by atoms with Crippen LogP contribution in [0.4, 0.5) is 0 Å². The minimum atomic E-state index is -0.726. The van der Waals surface area contributed by atoms with Crippen LogP contribution in [0, 0.1) is 5.92 Å². The first-order chi connectivity index (χ1) is 10.6. The Hall–Kier alpha value is -1.84. The Bertz CT molecular complexity index is 642. The molecule has 0 saturated carbocycles. The molecule has 2 aromatic carbocycles. The van der Waals surface area contributed by atoms with Crippen molar-refractivity contribution in [1.82, 2.24) is 4.90 Å². The van der Waals surface area contributed by atoms with Crippen LogP contribution in [0.1, 0.15) is 17.0 Å². The summed E-state index contributed by atoms with van der Waals surface area (Å²) in [7, 11) is 0. The Labute approximate surface area is 135 Å². The van der Waals surface area contributed by atoms with Crippen LogP contribution >= 0.6 is 11.6 Å². The topological polar surface area (TPSA) is 40.5 Å². The summed E-state index contributed by atoms with van der Waals surface area (Å²) in [6.45, 7) is 2.12. The first-order valence-electron chi connectivity index (χ1n) is 7.38. The average Bonchev–Trinajstić information content (AvgIpc) is 2.93. The standard InChI is InChI=1S/C18H18ClNO2/c19-15-8-6-14(7-9-15)16-11-20(12-17(16)18(21)22)10-13-4-2-1-3-5-13/h1-9,16-17H,10-12H2,(H,21,22)/t16-,17+/m0/s1. The van der Waals surface area contributed by atoms with E-state index in [1.807, 2.05) is 42.5 Å². The largest absolute Gasteiger partial charge is 0.481 e. The quantitative estimate of drug-likeness (QED) is 0.936. The molecule has 4 heteroatoms. The number of benzene rings is 2. The number of halogens is 1. The summed E-state index contributed by atoms with van der Waals surface area (Å²) >= 11 is 5.93. The van der Waals surface area contributed by atoms with Crippen molar-refractivity contribution in [1.29, 1.82) is 0 Å². The number of rotatable bonds is 4. The number of likely N-dealkylation sites (tertiary alicyclic amines) is 1. The zero-order valence-corrected chi connectivity index (χ0v) is 12.9. The molecule has 2 aromatic rings. The second kappa shape index (κ2) is 6.51. The molecule has 0 unspecified atom stereocenters. The lowest BCUT2D eigenvalue weighted by Gasteiger charge is -2.16. The van der Waals surface area contributed by atoms with Crippen molar-refractivity contribution >= 4 is 17.6 Å². The highest BCUT2D eigenvalue weighted by Gasteiger charge is 2.38. The molecule has 1 N–H and O–H groups in total. The van der Waals surface area contributed by atoms with E-state index in [-0.39, 0.29) is 11.8 Å². The summed E-state index contributed by atoms with van der Waals surface area (Å²) in [6, 6.07) is 17.7. The van der Waals surface area contributed by atoms with Crippen molar-refractivity contribution in [3.8, 4) is 0 Å². The fraction of sp³-hybridized carbons (Fsp3) is 0.278. The van der Waals surface area contributed by atoms with Crippen LogP contribution in [0.3, 0.4) is 0 Å². The first-order valence-corrected chi connectivity index (χ1v) is 7.76. The van der Waals surface area contributed by atoms with E-state index in [1.54, 1.807) is 0 Å². The third kappa shape index (κ3) is 3.32. The maximum atomic E-state index is 11.6. The van der Waals surface area contributed by atoms with E-state index in [0.717, 1.165) is 18.7 Å². The summed E-state index contributed by atoms with van der Waals surface area (Å²) in [5.41, 5.74) is 2.26. The van der Waals surface area contributed by atoms with Gasteiger partial charge < -0.3 is 5.11 Å². The number of carbonyl (C=O) groups is 1. The minimum absolute atomic E-state index is 0.0125. The molecule has 1 aliphatic heterocycles. The molecule has 0 aromatic heterocycles. The van der Waals surface area contributed by atoms with Crippen LogP contribution in [-0.2, 0) is 11.3 Å². The molecule has 2 atom stereocenters. The Morgan fingerprint density at radius 2 is 1.77 bits per heavy atom. The lowest BCUT2D eigenvalue weighted by atomic mass is 9.89. The van der Waals surface area contributed by atoms with Crippen molar-refractivity contribution in [3.05, 3.63) is 70.7 Å². The van der Waals surface area contributed by atoms with Crippen LogP contribution in [-0.4, -0.2) is 29.1 Å². The fourth-order valence-corrected chi connectivity index (χ4v) is 3.28. The van der Waals surface area contributed by atoms with E-state index in [1.165, 1.54) is 5.56 Å². The number of nitrogens with zero attached hydrogens (tertiary/aromatic N) is 1. The summed E-state index contributed by atoms with van der Waals surface area (Å²) in [6.07, 6.45) is 0. The molecular weight excluding hydrogens is 298 g/mol. The number of aliphatic carboxylic acids is 1. The van der Waals surface area contributed by atoms with Crippen molar-refractivity contribution in [3.63, 3.8) is 0 Å². The Balaban J connectivity index is 1.77. The van der Waals surface area contributed by atoms with Gasteiger partial charge in [0.15, 0.2) is 0 Å². The normalized spacial score (nSPS) is 21.9. The lowest BCUT2D eigenvalue weighted by molar-refractivity contribution is -0.141. The van der Waals surface area contributed by atoms with E-state index < -0.39 is 5.97 Å². The van der Waals surface area contributed by atoms with Gasteiger partial charge in [-0.3, -0.25) is 9.69 Å². The van der Waals surface area contributed by atoms with Gasteiger partial charge in [-0.1, -0.05) is 54.1 Å². The summed E-state index contributed by atoms with van der Waals surface area (Å²) in [4.78, 5) is 13.8. The van der Waals surface area contributed by atoms with Gasteiger partial charge in [0, 0.05) is 30.6 Å². The van der Waals surface area contributed by atoms with Crippen LogP contribution in [0.15, 0.2) is 54.6 Å². The third-order valence-electron chi connectivity index (χ3n) is 4.26. The molecule has 0 amide bonds. The SMILES string of the molecule is O=C(O)[C@@H]1CN(Cc2ccccc2)C[C@H]1c1ccc(Cl)cc1. The van der Waals surface area contributed by atoms with Gasteiger partial charge in [-0.05, 0) is 23.3 Å². The second-order valence-electron chi connectivity index (χ2n) is 5.78. The highest BCUT2D eigenvalue weighted by molar-refractivity contribution is 6.30. The van der Waals surface area contributed by atoms with E-state index in [0.29, 0.717) is 11.6 Å². The van der Waals surface area contributed by atoms with Gasteiger partial charge in [0.25, 0.3) is 0 Å². The monoisotopic (exact) mass is 315 g/mol. The minimum Gasteiger partial charge on any atom is -0.481 e. The van der Waals surface area contributed by atoms with Crippen LogP contribution < -0.4 is 0 Å². The molecule has 1 heterocycles. The van der Waals surface area contributed by atoms with Gasteiger partial charge in [0.1, 0.15) is 0 Å². The van der Waals surface area contributed by atoms with Crippen LogP contribution in [0.25, 0.3) is 0 Å². The summed E-state index contributed by atoms with van der Waals surface area (Å²) < 4.78 is 0. The zero-order chi connectivity index (χ0) is 15.5. The highest BCUT2D eigenvalue weighted by Crippen LogP contribution is 2.34. The van der Waals surface area contributed by atoms with E-state index in [9.17, 15) is 9.90 Å². The van der Waals surface area contributed by atoms with Gasteiger partial charge in [-0.25, -0.2) is 0 Å². The summed E-state index contributed by atoms with van der Waals surface area (Å²) in [5, 5.41) is 10.2. The Kier molecular flexibility index (Phi) is 4.46. The molecule has 3 rings (SSSR count). The van der Waals surface area contributed by atoms with E-state index in [4.69, 9.17) is 11.6 Å². The number of carboxylic acid groups (broad SMARTS) is 1. The molecule has 3 nitrogen and oxygen atoms in total. The molecule has 0 bridgehead atoms. The van der Waals surface area contributed by atoms with Gasteiger partial charge in [-0.15, -0.1) is 0 Å². The molecule has 114 valence electrons. The molecule has 0 radical (unpaired) electrons. The molecule has 22 heavy (non-hydrogen) atoms. The maximum Gasteiger partial charge on any atom is 0.308 e. The van der Waals surface area contributed by atoms with Crippen molar-refractivity contribution in [2.24, 2.45) is 5.92 Å². The molecule has 1 aliphatic rings. The van der Waals surface area contributed by atoms with Gasteiger partial charge in [-0.2, -0.15) is 0 Å². The van der Waals surface area contributed by atoms with Crippen molar-refractivity contribution in [2.75, 3.05) is 13.1 Å². The van der Waals surface area contributed by atoms with Gasteiger partial charge >= 0.3 is 5.97 Å². The fourth-order valence-electron chi connectivity index (χ4n) is 3.15. The van der Waals surface area contributed by atoms with Crippen LogP contribution in [0.2, 0.25) is 5.02 Å². The molecule has 0 spiro atoms. The Morgan fingerprint density at radius 3 is 2.41 bits per heavy atom. The smallest absolute Gasteiger partial charge is 0.308 e. The Morgan fingerprint density at radius 1 is 1.09 bits per heavy atom. The third-order valence-corrected chi connectivity index (χ3v) is 4.51. The lowest BCUT2D eigenvalue weighted by Crippen LogP contribution is -2.23. The maximum absolute atomic E-state index is 11.6. The zero-order valence-electron chi connectivity index (χ0n) is 12.2. The average molecular weight is 316 g/mol. The molecule has 0 aliphatic carbocycles. The predicted molar refractivity (Wildman–Crippen MR) is 87.0 cm³/mol. The molecular formula is C18H18ClNO2. The van der Waals surface area contributed by atoms with Crippen LogP contribution in [0.5, 0.6) is 0 Å². The van der Waals surface area contributed by atoms with Crippen molar-refractivity contribution < 1.29 is 9.90 Å². The van der Waals surface area contributed by atoms with Gasteiger partial charge in [0.2, 0.25) is 0 Å². The number of hydrogen-bond donors (Lipinski definition) is 1. The number of carboxylic acids is 1. The van der Waals surface area contributed by atoms with E-state index >= 15 is 0 Å². The second-order valence-corrected chi connectivity index (χ2v) is 6.22. The van der Waals surface area contributed by atoms with Gasteiger partial charge in [0.05, 0.1) is 5.92 Å². The van der Waals surface area contributed by atoms with Crippen molar-refractivity contribution in [2.45, 2.75) is 12.5 Å². The number of hydrogen-bond acceptors (Lipinski definition) is 2. The predicted octanol–water partition coefficient (Wildman–Crippen LogP) is 3.64. The highest BCUT2D eigenvalue weighted by atomic mass is 35.5. The molecule has 1 fully saturated rings. The molecule has 1 saturated heterocycles. The summed E-state index contributed by atoms with van der Waals surface area (Å²) in [5.74, 6) is -1.08. The first kappa shape index (κ1) is 15.1.